The number of rotatable bonds is 15. The topological polar surface area (TPSA) is 86.3 Å². The maximum absolute atomic E-state index is 14.0. The number of carbonyl (C=O) groups excluding carboxylic acids is 2. The van der Waals surface area contributed by atoms with Gasteiger partial charge in [-0.05, 0) is 54.3 Å². The van der Waals surface area contributed by atoms with Crippen LogP contribution in [0.1, 0.15) is 36.1 Å². The van der Waals surface area contributed by atoms with Gasteiger partial charge >= 0.3 is 0 Å². The van der Waals surface area contributed by atoms with Gasteiger partial charge in [0, 0.05) is 26.3 Å². The van der Waals surface area contributed by atoms with E-state index in [2.05, 4.69) is 5.32 Å². The first kappa shape index (κ1) is 29.5. The molecular weight excluding hydrogens is 496 g/mol. The van der Waals surface area contributed by atoms with E-state index in [4.69, 9.17) is 18.9 Å². The second-order valence-corrected chi connectivity index (χ2v) is 8.89. The first-order valence-corrected chi connectivity index (χ1v) is 13.0. The molecule has 0 spiro atoms. The molecule has 3 aromatic rings. The van der Waals surface area contributed by atoms with Gasteiger partial charge in [0.2, 0.25) is 11.8 Å². The molecule has 0 heterocycles. The van der Waals surface area contributed by atoms with Gasteiger partial charge in [-0.15, -0.1) is 0 Å². The molecule has 8 nitrogen and oxygen atoms in total. The lowest BCUT2D eigenvalue weighted by Crippen LogP contribution is -2.44. The molecule has 3 rings (SSSR count). The maximum atomic E-state index is 14.0. The number of carbonyl (C=O) groups is 2. The fourth-order valence-corrected chi connectivity index (χ4v) is 4.25. The van der Waals surface area contributed by atoms with Crippen LogP contribution in [0.3, 0.4) is 0 Å². The SMILES string of the molecule is CCOCCCNC(=O)[C@@H](c1ccccc1)N(Cc1ccc(OC)cc1)C(=O)Cc1ccc(OC)c(OC)c1. The van der Waals surface area contributed by atoms with Gasteiger partial charge in [0.05, 0.1) is 27.8 Å². The van der Waals surface area contributed by atoms with Crippen molar-refractivity contribution in [3.8, 4) is 17.2 Å². The van der Waals surface area contributed by atoms with Gasteiger partial charge in [-0.2, -0.15) is 0 Å². The van der Waals surface area contributed by atoms with E-state index in [-0.39, 0.29) is 24.8 Å². The van der Waals surface area contributed by atoms with E-state index >= 15 is 0 Å². The number of benzene rings is 3. The summed E-state index contributed by atoms with van der Waals surface area (Å²) in [4.78, 5) is 29.2. The van der Waals surface area contributed by atoms with E-state index < -0.39 is 6.04 Å². The number of hydrogen-bond donors (Lipinski definition) is 1. The Balaban J connectivity index is 1.94. The molecule has 0 saturated carbocycles. The molecule has 0 aliphatic carbocycles. The highest BCUT2D eigenvalue weighted by atomic mass is 16.5. The van der Waals surface area contributed by atoms with Crippen molar-refractivity contribution in [2.24, 2.45) is 0 Å². The molecule has 3 aromatic carbocycles. The third-order valence-electron chi connectivity index (χ3n) is 6.28. The molecule has 2 amide bonds. The highest BCUT2D eigenvalue weighted by Crippen LogP contribution is 2.29. The summed E-state index contributed by atoms with van der Waals surface area (Å²) in [7, 11) is 4.73. The van der Waals surface area contributed by atoms with Crippen LogP contribution >= 0.6 is 0 Å². The Morgan fingerprint density at radius 1 is 0.846 bits per heavy atom. The molecular formula is C31H38N2O6. The smallest absolute Gasteiger partial charge is 0.247 e. The Morgan fingerprint density at radius 3 is 2.18 bits per heavy atom. The number of nitrogens with zero attached hydrogens (tertiary/aromatic N) is 1. The summed E-state index contributed by atoms with van der Waals surface area (Å²) in [6.45, 7) is 3.80. The quantitative estimate of drug-likeness (QED) is 0.288. The van der Waals surface area contributed by atoms with Gasteiger partial charge < -0.3 is 29.2 Å². The minimum Gasteiger partial charge on any atom is -0.497 e. The van der Waals surface area contributed by atoms with Crippen molar-refractivity contribution in [1.82, 2.24) is 10.2 Å². The molecule has 0 aliphatic rings. The molecule has 1 N–H and O–H groups in total. The Bertz CT molecular complexity index is 1180. The summed E-state index contributed by atoms with van der Waals surface area (Å²) in [5.74, 6) is 1.39. The van der Waals surface area contributed by atoms with Crippen molar-refractivity contribution < 1.29 is 28.5 Å². The van der Waals surface area contributed by atoms with Crippen LogP contribution in [0.4, 0.5) is 0 Å². The zero-order chi connectivity index (χ0) is 28.0. The average molecular weight is 535 g/mol. The van der Waals surface area contributed by atoms with E-state index in [1.807, 2.05) is 67.6 Å². The van der Waals surface area contributed by atoms with Crippen LogP contribution in [0.25, 0.3) is 0 Å². The van der Waals surface area contributed by atoms with Gasteiger partial charge in [0.15, 0.2) is 11.5 Å². The van der Waals surface area contributed by atoms with Crippen LogP contribution in [0.2, 0.25) is 0 Å². The van der Waals surface area contributed by atoms with Crippen molar-refractivity contribution in [3.63, 3.8) is 0 Å². The Hall–Kier alpha value is -4.04. The molecule has 0 bridgehead atoms. The minimum absolute atomic E-state index is 0.0808. The molecule has 0 aliphatic heterocycles. The second-order valence-electron chi connectivity index (χ2n) is 8.89. The number of nitrogens with one attached hydrogen (secondary N) is 1. The monoisotopic (exact) mass is 534 g/mol. The normalized spacial score (nSPS) is 11.4. The van der Waals surface area contributed by atoms with E-state index in [9.17, 15) is 9.59 Å². The number of ether oxygens (including phenoxy) is 4. The van der Waals surface area contributed by atoms with E-state index in [0.29, 0.717) is 43.4 Å². The van der Waals surface area contributed by atoms with Crippen molar-refractivity contribution in [2.75, 3.05) is 41.1 Å². The highest BCUT2D eigenvalue weighted by molar-refractivity contribution is 5.89. The fraction of sp³-hybridized carbons (Fsp3) is 0.355. The van der Waals surface area contributed by atoms with Crippen LogP contribution in [0, 0.1) is 0 Å². The number of hydrogen-bond acceptors (Lipinski definition) is 6. The summed E-state index contributed by atoms with van der Waals surface area (Å²) in [6, 6.07) is 21.4. The largest absolute Gasteiger partial charge is 0.497 e. The molecule has 0 aromatic heterocycles. The number of amides is 2. The predicted octanol–water partition coefficient (Wildman–Crippen LogP) is 4.57. The molecule has 0 fully saturated rings. The summed E-state index contributed by atoms with van der Waals surface area (Å²) >= 11 is 0. The van der Waals surface area contributed by atoms with Crippen LogP contribution in [-0.4, -0.2) is 57.8 Å². The number of methoxy groups -OCH3 is 3. The zero-order valence-electron chi connectivity index (χ0n) is 23.1. The van der Waals surface area contributed by atoms with E-state index in [0.717, 1.165) is 16.7 Å². The van der Waals surface area contributed by atoms with Crippen LogP contribution in [0.15, 0.2) is 72.8 Å². The lowest BCUT2D eigenvalue weighted by atomic mass is 10.0. The summed E-state index contributed by atoms with van der Waals surface area (Å²) in [5, 5.41) is 3.01. The summed E-state index contributed by atoms with van der Waals surface area (Å²) < 4.78 is 21.5. The Labute approximate surface area is 230 Å². The maximum Gasteiger partial charge on any atom is 0.247 e. The first-order chi connectivity index (χ1) is 19.0. The standard InChI is InChI=1S/C31H38N2O6/c1-5-39-19-9-18-32-31(35)30(25-10-7-6-8-11-25)33(22-23-12-15-26(36-2)16-13-23)29(34)21-24-14-17-27(37-3)28(20-24)38-4/h6-8,10-17,20,30H,5,9,18-19,21-22H2,1-4H3,(H,32,35)/t30-/m1/s1. The van der Waals surface area contributed by atoms with Crippen molar-refractivity contribution in [1.29, 1.82) is 0 Å². The van der Waals surface area contributed by atoms with Crippen LogP contribution in [-0.2, 0) is 27.3 Å². The van der Waals surface area contributed by atoms with E-state index in [1.165, 1.54) is 0 Å². The Morgan fingerprint density at radius 2 is 1.54 bits per heavy atom. The molecule has 0 unspecified atom stereocenters. The van der Waals surface area contributed by atoms with Crippen molar-refractivity contribution in [3.05, 3.63) is 89.5 Å². The first-order valence-electron chi connectivity index (χ1n) is 13.0. The molecule has 39 heavy (non-hydrogen) atoms. The summed E-state index contributed by atoms with van der Waals surface area (Å²) in [6.07, 6.45) is 0.761. The van der Waals surface area contributed by atoms with Gasteiger partial charge in [-0.3, -0.25) is 9.59 Å². The third-order valence-corrected chi connectivity index (χ3v) is 6.28. The molecule has 208 valence electrons. The average Bonchev–Trinajstić information content (AvgIpc) is 2.97. The van der Waals surface area contributed by atoms with Crippen LogP contribution in [0.5, 0.6) is 17.2 Å². The van der Waals surface area contributed by atoms with Crippen LogP contribution < -0.4 is 19.5 Å². The second kappa shape index (κ2) is 15.4. The lowest BCUT2D eigenvalue weighted by molar-refractivity contribution is -0.141. The zero-order valence-corrected chi connectivity index (χ0v) is 23.1. The van der Waals surface area contributed by atoms with Gasteiger partial charge in [-0.1, -0.05) is 48.5 Å². The van der Waals surface area contributed by atoms with E-state index in [1.54, 1.807) is 38.4 Å². The minimum atomic E-state index is -0.826. The predicted molar refractivity (Wildman–Crippen MR) is 150 cm³/mol. The molecule has 1 atom stereocenters. The Kier molecular flexibility index (Phi) is 11.6. The highest BCUT2D eigenvalue weighted by Gasteiger charge is 2.31. The fourth-order valence-electron chi connectivity index (χ4n) is 4.25. The van der Waals surface area contributed by atoms with Crippen molar-refractivity contribution in [2.45, 2.75) is 32.4 Å². The van der Waals surface area contributed by atoms with Gasteiger partial charge in [0.25, 0.3) is 0 Å². The van der Waals surface area contributed by atoms with Gasteiger partial charge in [-0.25, -0.2) is 0 Å². The van der Waals surface area contributed by atoms with Gasteiger partial charge in [0.1, 0.15) is 11.8 Å². The van der Waals surface area contributed by atoms with Crippen molar-refractivity contribution >= 4 is 11.8 Å². The lowest BCUT2D eigenvalue weighted by Gasteiger charge is -2.32. The molecule has 8 heteroatoms. The summed E-state index contributed by atoms with van der Waals surface area (Å²) in [5.41, 5.74) is 2.36. The molecule has 0 radical (unpaired) electrons. The third kappa shape index (κ3) is 8.48. The molecule has 0 saturated heterocycles.